The highest BCUT2D eigenvalue weighted by Crippen LogP contribution is 2.40. The zero-order valence-electron chi connectivity index (χ0n) is 11.9. The van der Waals surface area contributed by atoms with Gasteiger partial charge in [0, 0.05) is 24.4 Å². The van der Waals surface area contributed by atoms with Gasteiger partial charge in [0.1, 0.15) is 6.10 Å². The van der Waals surface area contributed by atoms with Crippen LogP contribution in [0.1, 0.15) is 29.6 Å². The summed E-state index contributed by atoms with van der Waals surface area (Å²) < 4.78 is 5.77. The smallest absolute Gasteiger partial charge is 0.338 e. The molecule has 1 aromatic rings. The Morgan fingerprint density at radius 3 is 2.80 bits per heavy atom. The summed E-state index contributed by atoms with van der Waals surface area (Å²) in [6.07, 6.45) is 5.23. The van der Waals surface area contributed by atoms with Gasteiger partial charge in [-0.1, -0.05) is 24.3 Å². The van der Waals surface area contributed by atoms with Gasteiger partial charge in [0.15, 0.2) is 0 Å². The molecule has 2 unspecified atom stereocenters. The van der Waals surface area contributed by atoms with Gasteiger partial charge in [-0.15, -0.1) is 6.58 Å². The monoisotopic (exact) mass is 271 g/mol. The Hall–Kier alpha value is -1.61. The van der Waals surface area contributed by atoms with Crippen LogP contribution in [0.5, 0.6) is 0 Å². The minimum Gasteiger partial charge on any atom is -0.458 e. The minimum atomic E-state index is -0.216. The van der Waals surface area contributed by atoms with Gasteiger partial charge in [-0.25, -0.2) is 4.79 Å². The van der Waals surface area contributed by atoms with Gasteiger partial charge >= 0.3 is 5.97 Å². The van der Waals surface area contributed by atoms with Crippen LogP contribution in [-0.4, -0.2) is 36.1 Å². The summed E-state index contributed by atoms with van der Waals surface area (Å²) in [5, 5.41) is 0. The summed E-state index contributed by atoms with van der Waals surface area (Å²) in [6, 6.07) is 10.2. The molecule has 0 N–H and O–H groups in total. The van der Waals surface area contributed by atoms with E-state index >= 15 is 0 Å². The molecular formula is C17H21NO2. The maximum atomic E-state index is 12.2. The second-order valence-electron chi connectivity index (χ2n) is 5.82. The summed E-state index contributed by atoms with van der Waals surface area (Å²) in [4.78, 5) is 14.6. The van der Waals surface area contributed by atoms with Gasteiger partial charge in [0.25, 0.3) is 0 Å². The van der Waals surface area contributed by atoms with E-state index in [2.05, 4.69) is 18.5 Å². The third kappa shape index (κ3) is 2.27. The number of hydrogen-bond donors (Lipinski definition) is 0. The first kappa shape index (κ1) is 13.4. The van der Waals surface area contributed by atoms with Crippen molar-refractivity contribution in [1.29, 1.82) is 0 Å². The number of esters is 1. The molecule has 1 aromatic carbocycles. The number of carbonyl (C=O) groups is 1. The average Bonchev–Trinajstić information content (AvgIpc) is 2.73. The van der Waals surface area contributed by atoms with Crippen molar-refractivity contribution in [2.75, 3.05) is 7.05 Å². The number of carbonyl (C=O) groups excluding carboxylic acids is 1. The molecule has 0 radical (unpaired) electrons. The number of ether oxygens (including phenoxy) is 1. The largest absolute Gasteiger partial charge is 0.458 e. The molecule has 2 aliphatic rings. The summed E-state index contributed by atoms with van der Waals surface area (Å²) in [5.41, 5.74) is 0.626. The molecule has 2 bridgehead atoms. The van der Waals surface area contributed by atoms with Crippen LogP contribution in [0.25, 0.3) is 0 Å². The molecule has 2 aliphatic heterocycles. The Balaban J connectivity index is 1.74. The van der Waals surface area contributed by atoms with E-state index < -0.39 is 0 Å². The third-order valence-corrected chi connectivity index (χ3v) is 4.81. The Morgan fingerprint density at radius 1 is 1.35 bits per heavy atom. The van der Waals surface area contributed by atoms with Crippen LogP contribution in [0.2, 0.25) is 0 Å². The predicted octanol–water partition coefficient (Wildman–Crippen LogP) is 2.88. The molecule has 0 amide bonds. The van der Waals surface area contributed by atoms with Crippen molar-refractivity contribution in [3.8, 4) is 0 Å². The average molecular weight is 271 g/mol. The number of fused-ring (bicyclic) bond motifs is 2. The van der Waals surface area contributed by atoms with Crippen molar-refractivity contribution in [3.05, 3.63) is 48.6 Å². The van der Waals surface area contributed by atoms with Crippen LogP contribution >= 0.6 is 0 Å². The second kappa shape index (κ2) is 5.41. The van der Waals surface area contributed by atoms with E-state index in [4.69, 9.17) is 4.74 Å². The van der Waals surface area contributed by atoms with Gasteiger partial charge in [-0.2, -0.15) is 0 Å². The van der Waals surface area contributed by atoms with Crippen LogP contribution in [-0.2, 0) is 4.74 Å². The van der Waals surface area contributed by atoms with E-state index in [-0.39, 0.29) is 18.0 Å². The lowest BCUT2D eigenvalue weighted by molar-refractivity contribution is -0.0207. The first-order valence-corrected chi connectivity index (χ1v) is 7.31. The number of rotatable bonds is 3. The molecule has 3 heteroatoms. The molecule has 106 valence electrons. The van der Waals surface area contributed by atoms with Crippen LogP contribution in [0.3, 0.4) is 0 Å². The SMILES string of the molecule is C=C[C@@H]1C2CCC(C[C@@H]1OC(=O)c1ccccc1)N2C. The number of hydrogen-bond acceptors (Lipinski definition) is 3. The van der Waals surface area contributed by atoms with E-state index in [1.807, 2.05) is 24.3 Å². The molecule has 0 saturated carbocycles. The van der Waals surface area contributed by atoms with Gasteiger partial charge < -0.3 is 4.74 Å². The lowest BCUT2D eigenvalue weighted by Crippen LogP contribution is -2.49. The van der Waals surface area contributed by atoms with E-state index in [0.29, 0.717) is 17.6 Å². The standard InChI is InChI=1S/C17H21NO2/c1-3-14-15-10-9-13(18(15)2)11-16(14)20-17(19)12-7-5-4-6-8-12/h3-8,13-16H,1,9-11H2,2H3/t13?,14-,15?,16+/m1/s1. The molecule has 20 heavy (non-hydrogen) atoms. The fourth-order valence-corrected chi connectivity index (χ4v) is 3.68. The normalized spacial score (nSPS) is 32.9. The third-order valence-electron chi connectivity index (χ3n) is 4.81. The number of piperidine rings is 1. The Bertz CT molecular complexity index is 499. The first-order chi connectivity index (χ1) is 9.70. The van der Waals surface area contributed by atoms with Crippen molar-refractivity contribution in [1.82, 2.24) is 4.90 Å². The van der Waals surface area contributed by atoms with E-state index in [9.17, 15) is 4.79 Å². The van der Waals surface area contributed by atoms with Crippen LogP contribution < -0.4 is 0 Å². The Kier molecular flexibility index (Phi) is 3.62. The molecule has 0 spiro atoms. The predicted molar refractivity (Wildman–Crippen MR) is 78.5 cm³/mol. The molecule has 2 heterocycles. The highest BCUT2D eigenvalue weighted by atomic mass is 16.5. The molecule has 2 saturated heterocycles. The van der Waals surface area contributed by atoms with Crippen molar-refractivity contribution < 1.29 is 9.53 Å². The minimum absolute atomic E-state index is 0.0334. The molecule has 2 fully saturated rings. The van der Waals surface area contributed by atoms with E-state index in [1.165, 1.54) is 12.8 Å². The summed E-state index contributed by atoms with van der Waals surface area (Å²) >= 11 is 0. The van der Waals surface area contributed by atoms with Gasteiger partial charge in [0.05, 0.1) is 5.56 Å². The molecule has 0 aromatic heterocycles. The van der Waals surface area contributed by atoms with Crippen LogP contribution in [0, 0.1) is 5.92 Å². The fourth-order valence-electron chi connectivity index (χ4n) is 3.68. The summed E-state index contributed by atoms with van der Waals surface area (Å²) in [7, 11) is 2.17. The molecule has 3 nitrogen and oxygen atoms in total. The van der Waals surface area contributed by atoms with Crippen LogP contribution in [0.4, 0.5) is 0 Å². The number of benzene rings is 1. The van der Waals surface area contributed by atoms with E-state index in [0.717, 1.165) is 6.42 Å². The van der Waals surface area contributed by atoms with Crippen molar-refractivity contribution in [3.63, 3.8) is 0 Å². The summed E-state index contributed by atoms with van der Waals surface area (Å²) in [5.74, 6) is 0.0258. The quantitative estimate of drug-likeness (QED) is 0.625. The lowest BCUT2D eigenvalue weighted by atomic mass is 9.87. The Morgan fingerprint density at radius 2 is 2.10 bits per heavy atom. The molecular weight excluding hydrogens is 250 g/mol. The first-order valence-electron chi connectivity index (χ1n) is 7.31. The molecule has 4 atom stereocenters. The van der Waals surface area contributed by atoms with E-state index in [1.54, 1.807) is 12.1 Å². The lowest BCUT2D eigenvalue weighted by Gasteiger charge is -2.41. The van der Waals surface area contributed by atoms with Gasteiger partial charge in [-0.05, 0) is 32.0 Å². The highest BCUT2D eigenvalue weighted by Gasteiger charge is 2.45. The van der Waals surface area contributed by atoms with Crippen molar-refractivity contribution in [2.24, 2.45) is 5.92 Å². The van der Waals surface area contributed by atoms with Gasteiger partial charge in [-0.3, -0.25) is 4.90 Å². The Labute approximate surface area is 120 Å². The molecule has 3 rings (SSSR count). The zero-order chi connectivity index (χ0) is 14.1. The maximum absolute atomic E-state index is 12.2. The van der Waals surface area contributed by atoms with Crippen molar-refractivity contribution in [2.45, 2.75) is 37.5 Å². The fraction of sp³-hybridized carbons (Fsp3) is 0.471. The second-order valence-corrected chi connectivity index (χ2v) is 5.82. The highest BCUT2D eigenvalue weighted by molar-refractivity contribution is 5.89. The molecule has 0 aliphatic carbocycles. The zero-order valence-corrected chi connectivity index (χ0v) is 11.9. The maximum Gasteiger partial charge on any atom is 0.338 e. The topological polar surface area (TPSA) is 29.5 Å². The number of nitrogens with zero attached hydrogens (tertiary/aromatic N) is 1. The van der Waals surface area contributed by atoms with Gasteiger partial charge in [0.2, 0.25) is 0 Å². The van der Waals surface area contributed by atoms with Crippen LogP contribution in [0.15, 0.2) is 43.0 Å². The summed E-state index contributed by atoms with van der Waals surface area (Å²) in [6.45, 7) is 3.95. The van der Waals surface area contributed by atoms with Crippen molar-refractivity contribution >= 4 is 5.97 Å².